The van der Waals surface area contributed by atoms with Gasteiger partial charge in [-0.2, -0.15) is 0 Å². The molecule has 4 rings (SSSR count). The number of nitrogen functional groups attached to an aromatic ring is 1. The summed E-state index contributed by atoms with van der Waals surface area (Å²) in [6.07, 6.45) is 5.38. The third-order valence-electron chi connectivity index (χ3n) is 4.97. The van der Waals surface area contributed by atoms with E-state index in [9.17, 15) is 4.79 Å². The highest BCUT2D eigenvalue weighted by Gasteiger charge is 2.32. The van der Waals surface area contributed by atoms with Crippen molar-refractivity contribution in [2.45, 2.75) is 38.0 Å². The molecular formula is C16H20N4OS. The van der Waals surface area contributed by atoms with Crippen LogP contribution in [0.2, 0.25) is 0 Å². The van der Waals surface area contributed by atoms with Crippen LogP contribution in [0, 0.1) is 5.92 Å². The number of likely N-dealkylation sites (tertiary alicyclic amines) is 1. The monoisotopic (exact) mass is 316 g/mol. The minimum Gasteiger partial charge on any atom is -0.375 e. The highest BCUT2D eigenvalue weighted by atomic mass is 32.1. The van der Waals surface area contributed by atoms with Crippen molar-refractivity contribution in [3.8, 4) is 0 Å². The number of fused-ring (bicyclic) bond motifs is 1. The number of rotatable bonds is 2. The highest BCUT2D eigenvalue weighted by Crippen LogP contribution is 2.33. The van der Waals surface area contributed by atoms with Crippen LogP contribution in [-0.4, -0.2) is 33.9 Å². The lowest BCUT2D eigenvalue weighted by molar-refractivity contribution is -0.139. The molecule has 3 heterocycles. The summed E-state index contributed by atoms with van der Waals surface area (Å²) in [7, 11) is 0. The molecule has 22 heavy (non-hydrogen) atoms. The van der Waals surface area contributed by atoms with Gasteiger partial charge in [-0.1, -0.05) is 17.8 Å². The topological polar surface area (TPSA) is 72.1 Å². The van der Waals surface area contributed by atoms with Gasteiger partial charge in [0.2, 0.25) is 5.91 Å². The first kappa shape index (κ1) is 13.9. The van der Waals surface area contributed by atoms with Gasteiger partial charge in [-0.25, -0.2) is 9.97 Å². The summed E-state index contributed by atoms with van der Waals surface area (Å²) in [6, 6.07) is 4.16. The first-order chi connectivity index (χ1) is 10.7. The summed E-state index contributed by atoms with van der Waals surface area (Å²) >= 11 is 1.48. The molecule has 2 aliphatic rings. The Bertz CT molecular complexity index is 701. The lowest BCUT2D eigenvalue weighted by atomic mass is 9.83. The van der Waals surface area contributed by atoms with Gasteiger partial charge in [0.1, 0.15) is 0 Å². The lowest BCUT2D eigenvalue weighted by Gasteiger charge is -2.36. The van der Waals surface area contributed by atoms with Crippen molar-refractivity contribution in [1.29, 1.82) is 0 Å². The van der Waals surface area contributed by atoms with Crippen molar-refractivity contribution in [3.05, 3.63) is 17.8 Å². The molecule has 1 amide bonds. The number of nitrogens with two attached hydrogens (primary N) is 1. The summed E-state index contributed by atoms with van der Waals surface area (Å²) in [5.41, 5.74) is 7.59. The van der Waals surface area contributed by atoms with Crippen LogP contribution < -0.4 is 5.73 Å². The zero-order valence-corrected chi connectivity index (χ0v) is 13.3. The molecule has 6 heteroatoms. The van der Waals surface area contributed by atoms with Crippen molar-refractivity contribution < 1.29 is 4.79 Å². The maximum atomic E-state index is 12.3. The number of nitrogens with zero attached hydrogens (tertiary/aromatic N) is 3. The Morgan fingerprint density at radius 2 is 1.95 bits per heavy atom. The zero-order valence-electron chi connectivity index (χ0n) is 12.5. The van der Waals surface area contributed by atoms with E-state index in [1.807, 2.05) is 0 Å². The number of carbonyl (C=O) groups excluding carboxylic acids is 1. The second-order valence-electron chi connectivity index (χ2n) is 6.34. The van der Waals surface area contributed by atoms with E-state index < -0.39 is 0 Å². The normalized spacial score (nSPS) is 20.3. The summed E-state index contributed by atoms with van der Waals surface area (Å²) < 4.78 is 1.04. The Labute approximate surface area is 133 Å². The van der Waals surface area contributed by atoms with Gasteiger partial charge in [0.05, 0.1) is 4.70 Å². The molecule has 0 unspecified atom stereocenters. The number of hydrogen-bond donors (Lipinski definition) is 1. The Hall–Kier alpha value is -1.69. The molecule has 1 aliphatic carbocycles. The van der Waals surface area contributed by atoms with E-state index in [-0.39, 0.29) is 0 Å². The second kappa shape index (κ2) is 5.50. The predicted molar refractivity (Wildman–Crippen MR) is 87.7 cm³/mol. The van der Waals surface area contributed by atoms with Crippen LogP contribution in [0.1, 0.15) is 43.7 Å². The molecule has 1 saturated carbocycles. The number of anilines is 1. The van der Waals surface area contributed by atoms with Gasteiger partial charge in [0.25, 0.3) is 0 Å². The van der Waals surface area contributed by atoms with Crippen LogP contribution in [0.3, 0.4) is 0 Å². The SMILES string of the molecule is Nc1nc2nc(C3CCN(C(=O)C4CCC4)CC3)ccc2s1. The van der Waals surface area contributed by atoms with Crippen LogP contribution in [0.4, 0.5) is 5.13 Å². The Morgan fingerprint density at radius 1 is 1.18 bits per heavy atom. The van der Waals surface area contributed by atoms with Gasteiger partial charge in [-0.15, -0.1) is 0 Å². The summed E-state index contributed by atoms with van der Waals surface area (Å²) in [6.45, 7) is 1.72. The van der Waals surface area contributed by atoms with Crippen molar-refractivity contribution in [2.24, 2.45) is 5.92 Å². The van der Waals surface area contributed by atoms with Gasteiger partial charge in [0.15, 0.2) is 10.8 Å². The molecule has 0 atom stereocenters. The molecule has 0 spiro atoms. The van der Waals surface area contributed by atoms with Crippen LogP contribution in [0.5, 0.6) is 0 Å². The van der Waals surface area contributed by atoms with Gasteiger partial charge < -0.3 is 10.6 Å². The largest absolute Gasteiger partial charge is 0.375 e. The first-order valence-corrected chi connectivity index (χ1v) is 8.84. The molecule has 0 aromatic carbocycles. The number of piperidine rings is 1. The molecule has 2 aromatic rings. The van der Waals surface area contributed by atoms with Crippen molar-refractivity contribution in [1.82, 2.24) is 14.9 Å². The minimum absolute atomic E-state index is 0.309. The van der Waals surface area contributed by atoms with Gasteiger partial charge in [-0.3, -0.25) is 4.79 Å². The molecule has 2 fully saturated rings. The Balaban J connectivity index is 1.44. The molecule has 2 aromatic heterocycles. The fraction of sp³-hybridized carbons (Fsp3) is 0.562. The summed E-state index contributed by atoms with van der Waals surface area (Å²) in [5.74, 6) is 1.11. The van der Waals surface area contributed by atoms with E-state index in [2.05, 4.69) is 27.0 Å². The molecule has 1 aliphatic heterocycles. The second-order valence-corrected chi connectivity index (χ2v) is 7.40. The van der Waals surface area contributed by atoms with Gasteiger partial charge >= 0.3 is 0 Å². The van der Waals surface area contributed by atoms with Crippen molar-refractivity contribution >= 4 is 32.7 Å². The molecule has 116 valence electrons. The Morgan fingerprint density at radius 3 is 2.64 bits per heavy atom. The van der Waals surface area contributed by atoms with E-state index in [4.69, 9.17) is 5.73 Å². The smallest absolute Gasteiger partial charge is 0.225 e. The third kappa shape index (κ3) is 2.45. The van der Waals surface area contributed by atoms with Crippen LogP contribution >= 0.6 is 11.3 Å². The average molecular weight is 316 g/mol. The lowest BCUT2D eigenvalue weighted by Crippen LogP contribution is -2.43. The number of hydrogen-bond acceptors (Lipinski definition) is 5. The number of amides is 1. The molecule has 2 N–H and O–H groups in total. The molecule has 0 bridgehead atoms. The van der Waals surface area contributed by atoms with Crippen molar-refractivity contribution in [3.63, 3.8) is 0 Å². The standard InChI is InChI=1S/C16H20N4OS/c17-16-19-14-13(22-16)5-4-12(18-14)10-6-8-20(9-7-10)15(21)11-2-1-3-11/h4-5,10-11H,1-3,6-9H2,(H2,17,18,19). The van der Waals surface area contributed by atoms with Gasteiger partial charge in [0, 0.05) is 30.6 Å². The van der Waals surface area contributed by atoms with E-state index >= 15 is 0 Å². The van der Waals surface area contributed by atoms with Crippen LogP contribution in [0.15, 0.2) is 12.1 Å². The van der Waals surface area contributed by atoms with Gasteiger partial charge in [-0.05, 0) is 37.8 Å². The summed E-state index contributed by atoms with van der Waals surface area (Å²) in [4.78, 5) is 23.3. The molecule has 0 radical (unpaired) electrons. The van der Waals surface area contributed by atoms with E-state index in [1.54, 1.807) is 0 Å². The molecular weight excluding hydrogens is 296 g/mol. The minimum atomic E-state index is 0.309. The fourth-order valence-electron chi connectivity index (χ4n) is 3.39. The summed E-state index contributed by atoms with van der Waals surface area (Å²) in [5, 5.41) is 0.570. The maximum Gasteiger partial charge on any atom is 0.225 e. The number of aromatic nitrogens is 2. The highest BCUT2D eigenvalue weighted by molar-refractivity contribution is 7.21. The number of carbonyl (C=O) groups is 1. The quantitative estimate of drug-likeness (QED) is 0.924. The van der Waals surface area contributed by atoms with Crippen LogP contribution in [0.25, 0.3) is 10.3 Å². The predicted octanol–water partition coefficient (Wildman–Crippen LogP) is 2.78. The van der Waals surface area contributed by atoms with Crippen molar-refractivity contribution in [2.75, 3.05) is 18.8 Å². The zero-order chi connectivity index (χ0) is 15.1. The fourth-order valence-corrected chi connectivity index (χ4v) is 4.06. The van der Waals surface area contributed by atoms with E-state index in [0.717, 1.165) is 54.8 Å². The van der Waals surface area contributed by atoms with E-state index in [1.165, 1.54) is 17.8 Å². The number of thiazole rings is 1. The van der Waals surface area contributed by atoms with Crippen LogP contribution in [-0.2, 0) is 4.79 Å². The molecule has 1 saturated heterocycles. The first-order valence-electron chi connectivity index (χ1n) is 8.02. The molecule has 5 nitrogen and oxygen atoms in total. The average Bonchev–Trinajstić information content (AvgIpc) is 2.84. The Kier molecular flexibility index (Phi) is 3.48. The number of pyridine rings is 1. The third-order valence-corrected chi connectivity index (χ3v) is 5.81. The van der Waals surface area contributed by atoms with E-state index in [0.29, 0.717) is 22.9 Å². The maximum absolute atomic E-state index is 12.3.